The average Bonchev–Trinajstić information content (AvgIpc) is 2.70. The molecule has 2 aromatic carbocycles. The molecule has 0 radical (unpaired) electrons. The molecular weight excluding hydrogens is 368 g/mol. The van der Waals surface area contributed by atoms with Crippen molar-refractivity contribution in [1.29, 1.82) is 0 Å². The molecule has 1 aliphatic rings. The van der Waals surface area contributed by atoms with Gasteiger partial charge in [0.2, 0.25) is 0 Å². The summed E-state index contributed by atoms with van der Waals surface area (Å²) in [6.07, 6.45) is 8.23. The number of nitrogens with one attached hydrogen (secondary N) is 1. The summed E-state index contributed by atoms with van der Waals surface area (Å²) in [6, 6.07) is 14.8. The second kappa shape index (κ2) is 8.29. The number of rotatable bonds is 4. The van der Waals surface area contributed by atoms with Gasteiger partial charge < -0.3 is 11.1 Å². The maximum atomic E-state index is 6.06. The highest BCUT2D eigenvalue weighted by atomic mass is 35.5. The van der Waals surface area contributed by atoms with Gasteiger partial charge in [-0.2, -0.15) is 0 Å². The quantitative estimate of drug-likeness (QED) is 0.620. The first-order valence-electron chi connectivity index (χ1n) is 9.81. The van der Waals surface area contributed by atoms with Crippen LogP contribution in [0.15, 0.2) is 42.5 Å². The fraction of sp³-hybridized carbons (Fsp3) is 0.304. The van der Waals surface area contributed by atoms with Gasteiger partial charge in [-0.3, -0.25) is 0 Å². The second-order valence-electron chi connectivity index (χ2n) is 7.59. The van der Waals surface area contributed by atoms with E-state index in [1.54, 1.807) is 0 Å². The third kappa shape index (κ3) is 4.51. The first kappa shape index (κ1) is 18.9. The maximum absolute atomic E-state index is 6.06. The highest BCUT2D eigenvalue weighted by Gasteiger charge is 2.19. The monoisotopic (exact) mass is 392 g/mol. The summed E-state index contributed by atoms with van der Waals surface area (Å²) < 4.78 is 0. The van der Waals surface area contributed by atoms with Gasteiger partial charge in [-0.05, 0) is 68.5 Å². The second-order valence-corrected chi connectivity index (χ2v) is 8.03. The van der Waals surface area contributed by atoms with Crippen molar-refractivity contribution in [1.82, 2.24) is 9.97 Å². The number of nitrogens with two attached hydrogens (primary N) is 1. The van der Waals surface area contributed by atoms with Crippen molar-refractivity contribution in [2.75, 3.05) is 5.32 Å². The van der Waals surface area contributed by atoms with E-state index in [1.165, 1.54) is 5.56 Å². The molecule has 4 rings (SSSR count). The zero-order valence-electron chi connectivity index (χ0n) is 16.0. The molecule has 3 aromatic rings. The summed E-state index contributed by atoms with van der Waals surface area (Å²) in [5, 5.41) is 5.46. The van der Waals surface area contributed by atoms with Crippen LogP contribution < -0.4 is 11.1 Å². The molecule has 3 N–H and O–H groups in total. The Morgan fingerprint density at radius 2 is 1.75 bits per heavy atom. The molecule has 0 saturated heterocycles. The Hall–Kier alpha value is -2.43. The molecule has 0 spiro atoms. The summed E-state index contributed by atoms with van der Waals surface area (Å²) in [7, 11) is 0. The van der Waals surface area contributed by atoms with Gasteiger partial charge in [0.1, 0.15) is 5.82 Å². The van der Waals surface area contributed by atoms with E-state index in [2.05, 4.69) is 30.4 Å². The summed E-state index contributed by atoms with van der Waals surface area (Å²) in [5.41, 5.74) is 9.27. The van der Waals surface area contributed by atoms with Crippen molar-refractivity contribution in [3.63, 3.8) is 0 Å². The van der Waals surface area contributed by atoms with Gasteiger partial charge in [-0.25, -0.2) is 9.97 Å². The van der Waals surface area contributed by atoms with Gasteiger partial charge in [-0.1, -0.05) is 41.4 Å². The molecular formula is C23H25ClN4. The van der Waals surface area contributed by atoms with E-state index in [0.29, 0.717) is 17.9 Å². The molecule has 0 unspecified atom stereocenters. The van der Waals surface area contributed by atoms with Gasteiger partial charge in [-0.15, -0.1) is 0 Å². The lowest BCUT2D eigenvalue weighted by Gasteiger charge is -2.27. The standard InChI is InChI=1S/C23H25ClN4/c1-15-2-12-21-20(14-15)23(26-19-10-8-18(25)9-11-19)28-22(27-21)13-5-16-3-6-17(24)7-4-16/h2-7,12-14,18-19H,8-11,25H2,1H3,(H,26,27,28)/b13-5+. The van der Waals surface area contributed by atoms with Crippen LogP contribution >= 0.6 is 11.6 Å². The van der Waals surface area contributed by atoms with E-state index >= 15 is 0 Å². The molecule has 28 heavy (non-hydrogen) atoms. The fourth-order valence-corrected chi connectivity index (χ4v) is 3.77. The fourth-order valence-electron chi connectivity index (χ4n) is 3.65. The first-order valence-corrected chi connectivity index (χ1v) is 10.2. The van der Waals surface area contributed by atoms with Crippen molar-refractivity contribution < 1.29 is 0 Å². The van der Waals surface area contributed by atoms with Crippen LogP contribution in [0.4, 0.5) is 5.82 Å². The molecule has 4 nitrogen and oxygen atoms in total. The van der Waals surface area contributed by atoms with Crippen molar-refractivity contribution in [3.8, 4) is 0 Å². The Balaban J connectivity index is 1.65. The Bertz CT molecular complexity index is 989. The van der Waals surface area contributed by atoms with Crippen LogP contribution in [0.25, 0.3) is 23.1 Å². The lowest BCUT2D eigenvalue weighted by atomic mass is 9.92. The summed E-state index contributed by atoms with van der Waals surface area (Å²) in [4.78, 5) is 9.55. The Kier molecular flexibility index (Phi) is 5.60. The van der Waals surface area contributed by atoms with Crippen LogP contribution in [-0.2, 0) is 0 Å². The van der Waals surface area contributed by atoms with Crippen molar-refractivity contribution >= 4 is 40.5 Å². The molecule has 0 amide bonds. The van der Waals surface area contributed by atoms with Gasteiger partial charge in [0.15, 0.2) is 5.82 Å². The molecule has 0 bridgehead atoms. The third-order valence-corrected chi connectivity index (χ3v) is 5.53. The predicted molar refractivity (Wildman–Crippen MR) is 119 cm³/mol. The first-order chi connectivity index (χ1) is 13.6. The molecule has 5 heteroatoms. The summed E-state index contributed by atoms with van der Waals surface area (Å²) >= 11 is 5.96. The Labute approximate surface area is 170 Å². The maximum Gasteiger partial charge on any atom is 0.154 e. The van der Waals surface area contributed by atoms with E-state index in [0.717, 1.165) is 53.0 Å². The highest BCUT2D eigenvalue weighted by Crippen LogP contribution is 2.26. The molecule has 1 aliphatic carbocycles. The number of fused-ring (bicyclic) bond motifs is 1. The van der Waals surface area contributed by atoms with Crippen LogP contribution in [0.1, 0.15) is 42.6 Å². The SMILES string of the molecule is Cc1ccc2nc(/C=C/c3ccc(Cl)cc3)nc(NC3CCC(N)CC3)c2c1. The van der Waals surface area contributed by atoms with Crippen LogP contribution in [0, 0.1) is 6.92 Å². The number of halogens is 1. The minimum absolute atomic E-state index is 0.334. The van der Waals surface area contributed by atoms with Crippen LogP contribution in [0.2, 0.25) is 5.02 Å². The number of aryl methyl sites for hydroxylation is 1. The number of aromatic nitrogens is 2. The number of anilines is 1. The van der Waals surface area contributed by atoms with E-state index in [1.807, 2.05) is 36.4 Å². The highest BCUT2D eigenvalue weighted by molar-refractivity contribution is 6.30. The molecule has 144 valence electrons. The van der Waals surface area contributed by atoms with Gasteiger partial charge in [0.05, 0.1) is 5.52 Å². The molecule has 1 heterocycles. The van der Waals surface area contributed by atoms with Gasteiger partial charge in [0, 0.05) is 22.5 Å². The number of benzene rings is 2. The topological polar surface area (TPSA) is 63.8 Å². The Morgan fingerprint density at radius 3 is 2.50 bits per heavy atom. The summed E-state index contributed by atoms with van der Waals surface area (Å²) in [5.74, 6) is 1.60. The van der Waals surface area contributed by atoms with Crippen LogP contribution in [-0.4, -0.2) is 22.1 Å². The number of nitrogens with zero attached hydrogens (tertiary/aromatic N) is 2. The van der Waals surface area contributed by atoms with Gasteiger partial charge >= 0.3 is 0 Å². The van der Waals surface area contributed by atoms with E-state index in [-0.39, 0.29) is 0 Å². The zero-order valence-corrected chi connectivity index (χ0v) is 16.8. The summed E-state index contributed by atoms with van der Waals surface area (Å²) in [6.45, 7) is 2.09. The predicted octanol–water partition coefficient (Wildman–Crippen LogP) is 5.44. The molecule has 1 aromatic heterocycles. The van der Waals surface area contributed by atoms with E-state index < -0.39 is 0 Å². The zero-order chi connectivity index (χ0) is 19.5. The van der Waals surface area contributed by atoms with Crippen molar-refractivity contribution in [2.24, 2.45) is 5.73 Å². The van der Waals surface area contributed by atoms with E-state index in [9.17, 15) is 0 Å². The van der Waals surface area contributed by atoms with Crippen LogP contribution in [0.3, 0.4) is 0 Å². The third-order valence-electron chi connectivity index (χ3n) is 5.28. The lowest BCUT2D eigenvalue weighted by molar-refractivity contribution is 0.410. The number of hydrogen-bond acceptors (Lipinski definition) is 4. The molecule has 0 aliphatic heterocycles. The van der Waals surface area contributed by atoms with Crippen molar-refractivity contribution in [3.05, 3.63) is 64.4 Å². The van der Waals surface area contributed by atoms with Crippen molar-refractivity contribution in [2.45, 2.75) is 44.7 Å². The molecule has 1 fully saturated rings. The van der Waals surface area contributed by atoms with E-state index in [4.69, 9.17) is 27.3 Å². The smallest absolute Gasteiger partial charge is 0.154 e. The Morgan fingerprint density at radius 1 is 1.00 bits per heavy atom. The van der Waals surface area contributed by atoms with Gasteiger partial charge in [0.25, 0.3) is 0 Å². The van der Waals surface area contributed by atoms with Crippen LogP contribution in [0.5, 0.6) is 0 Å². The molecule has 0 atom stereocenters. The lowest BCUT2D eigenvalue weighted by Crippen LogP contribution is -2.33. The minimum atomic E-state index is 0.334. The normalized spacial score (nSPS) is 20.0. The average molecular weight is 393 g/mol. The largest absolute Gasteiger partial charge is 0.367 e. The molecule has 1 saturated carbocycles. The minimum Gasteiger partial charge on any atom is -0.367 e. The number of hydrogen-bond donors (Lipinski definition) is 2.